The van der Waals surface area contributed by atoms with Gasteiger partial charge in [0.25, 0.3) is 0 Å². The average molecular weight is 206 g/mol. The average Bonchev–Trinajstić information content (AvgIpc) is 2.25. The Hall–Kier alpha value is -1.77. The second kappa shape index (κ2) is 5.86. The molecule has 0 bridgehead atoms. The molecule has 0 saturated heterocycles. The first-order valence-corrected chi connectivity index (χ1v) is 4.75. The zero-order valence-corrected chi connectivity index (χ0v) is 8.64. The summed E-state index contributed by atoms with van der Waals surface area (Å²) in [4.78, 5) is 10.2. The Balaban J connectivity index is 2.46. The molecule has 1 aromatic carbocycles. The molecule has 0 atom stereocenters. The summed E-state index contributed by atoms with van der Waals surface area (Å²) in [6, 6.07) is 7.60. The molecule has 0 aliphatic rings. The second-order valence-corrected chi connectivity index (χ2v) is 3.11. The summed E-state index contributed by atoms with van der Waals surface area (Å²) < 4.78 is 5.02. The maximum absolute atomic E-state index is 10.2. The highest BCUT2D eigenvalue weighted by Gasteiger charge is 1.93. The molecular weight excluding hydrogens is 192 g/mol. The third-order valence-corrected chi connectivity index (χ3v) is 1.95. The summed E-state index contributed by atoms with van der Waals surface area (Å²) in [6.07, 6.45) is 4.49. The van der Waals surface area contributed by atoms with E-state index in [1.807, 2.05) is 36.4 Å². The highest BCUT2D eigenvalue weighted by Crippen LogP contribution is 2.12. The number of aliphatic carboxylic acids is 1. The molecule has 0 radical (unpaired) electrons. The molecule has 0 saturated carbocycles. The van der Waals surface area contributed by atoms with Crippen LogP contribution in [0.25, 0.3) is 6.08 Å². The van der Waals surface area contributed by atoms with Crippen molar-refractivity contribution in [2.75, 3.05) is 7.11 Å². The lowest BCUT2D eigenvalue weighted by atomic mass is 10.2. The molecule has 0 unspecified atom stereocenters. The van der Waals surface area contributed by atoms with Crippen LogP contribution in [-0.2, 0) is 4.79 Å². The Labute approximate surface area is 89.0 Å². The van der Waals surface area contributed by atoms with Crippen molar-refractivity contribution in [1.82, 2.24) is 0 Å². The molecule has 1 N–H and O–H groups in total. The van der Waals surface area contributed by atoms with Crippen LogP contribution < -0.4 is 4.74 Å². The molecule has 80 valence electrons. The van der Waals surface area contributed by atoms with E-state index in [2.05, 4.69) is 0 Å². The van der Waals surface area contributed by atoms with Crippen LogP contribution in [0.4, 0.5) is 0 Å². The Morgan fingerprint density at radius 3 is 2.60 bits per heavy atom. The molecule has 0 aromatic heterocycles. The van der Waals surface area contributed by atoms with E-state index in [1.165, 1.54) is 0 Å². The molecule has 15 heavy (non-hydrogen) atoms. The van der Waals surface area contributed by atoms with Gasteiger partial charge in [0.15, 0.2) is 0 Å². The van der Waals surface area contributed by atoms with Crippen molar-refractivity contribution in [2.45, 2.75) is 12.8 Å². The van der Waals surface area contributed by atoms with Crippen molar-refractivity contribution in [1.29, 1.82) is 0 Å². The van der Waals surface area contributed by atoms with Crippen LogP contribution >= 0.6 is 0 Å². The van der Waals surface area contributed by atoms with Crippen molar-refractivity contribution >= 4 is 12.0 Å². The van der Waals surface area contributed by atoms with Crippen molar-refractivity contribution < 1.29 is 14.6 Å². The molecule has 1 aromatic rings. The van der Waals surface area contributed by atoms with E-state index in [1.54, 1.807) is 7.11 Å². The molecule has 0 heterocycles. The van der Waals surface area contributed by atoms with Crippen molar-refractivity contribution in [3.8, 4) is 5.75 Å². The Bertz CT molecular complexity index is 338. The molecule has 1 rings (SSSR count). The van der Waals surface area contributed by atoms with Gasteiger partial charge in [-0.25, -0.2) is 0 Å². The number of methoxy groups -OCH3 is 1. The molecule has 0 aliphatic carbocycles. The fraction of sp³-hybridized carbons (Fsp3) is 0.250. The van der Waals surface area contributed by atoms with Gasteiger partial charge in [0.2, 0.25) is 0 Å². The largest absolute Gasteiger partial charge is 0.497 e. The fourth-order valence-corrected chi connectivity index (χ4v) is 1.14. The molecule has 0 aliphatic heterocycles. The van der Waals surface area contributed by atoms with Crippen LogP contribution in [0.15, 0.2) is 30.3 Å². The lowest BCUT2D eigenvalue weighted by Crippen LogP contribution is -1.91. The summed E-state index contributed by atoms with van der Waals surface area (Å²) in [5.74, 6) is 0.0482. The van der Waals surface area contributed by atoms with Crippen LogP contribution in [0.3, 0.4) is 0 Å². The summed E-state index contributed by atoms with van der Waals surface area (Å²) in [6.45, 7) is 0. The first-order chi connectivity index (χ1) is 7.22. The number of carboxylic acid groups (broad SMARTS) is 1. The second-order valence-electron chi connectivity index (χ2n) is 3.11. The number of allylic oxidation sites excluding steroid dienone is 1. The van der Waals surface area contributed by atoms with E-state index in [4.69, 9.17) is 9.84 Å². The SMILES string of the molecule is COc1ccc(C=CCCC(=O)O)cc1. The quantitative estimate of drug-likeness (QED) is 0.805. The standard InChI is InChI=1S/C12H14O3/c1-15-11-8-6-10(7-9-11)4-2-3-5-12(13)14/h2,4,6-9H,3,5H2,1H3,(H,13,14). The van der Waals surface area contributed by atoms with Gasteiger partial charge in [0, 0.05) is 6.42 Å². The number of hydrogen-bond donors (Lipinski definition) is 1. The van der Waals surface area contributed by atoms with Crippen molar-refractivity contribution in [2.24, 2.45) is 0 Å². The summed E-state index contributed by atoms with van der Waals surface area (Å²) in [5.41, 5.74) is 1.04. The minimum atomic E-state index is -0.769. The zero-order valence-electron chi connectivity index (χ0n) is 8.64. The predicted octanol–water partition coefficient (Wildman–Crippen LogP) is 2.57. The van der Waals surface area contributed by atoms with Gasteiger partial charge in [-0.2, -0.15) is 0 Å². The normalized spacial score (nSPS) is 10.5. The third-order valence-electron chi connectivity index (χ3n) is 1.95. The van der Waals surface area contributed by atoms with Crippen LogP contribution in [0.2, 0.25) is 0 Å². The molecule has 3 heteroatoms. The Morgan fingerprint density at radius 2 is 2.07 bits per heavy atom. The van der Waals surface area contributed by atoms with Gasteiger partial charge in [0.05, 0.1) is 7.11 Å². The molecular formula is C12H14O3. The van der Waals surface area contributed by atoms with E-state index >= 15 is 0 Å². The van der Waals surface area contributed by atoms with Crippen LogP contribution in [0.1, 0.15) is 18.4 Å². The van der Waals surface area contributed by atoms with Crippen LogP contribution in [-0.4, -0.2) is 18.2 Å². The first kappa shape index (κ1) is 11.3. The maximum atomic E-state index is 10.2. The van der Waals surface area contributed by atoms with E-state index < -0.39 is 5.97 Å². The van der Waals surface area contributed by atoms with Gasteiger partial charge in [0.1, 0.15) is 5.75 Å². The van der Waals surface area contributed by atoms with E-state index in [0.29, 0.717) is 6.42 Å². The summed E-state index contributed by atoms with van der Waals surface area (Å²) in [5, 5.41) is 8.43. The highest BCUT2D eigenvalue weighted by atomic mass is 16.5. The van der Waals surface area contributed by atoms with Crippen LogP contribution in [0.5, 0.6) is 5.75 Å². The molecule has 0 spiro atoms. The van der Waals surface area contributed by atoms with Gasteiger partial charge >= 0.3 is 5.97 Å². The zero-order chi connectivity index (χ0) is 11.1. The van der Waals surface area contributed by atoms with E-state index in [9.17, 15) is 4.79 Å². The van der Waals surface area contributed by atoms with Gasteiger partial charge in [-0.1, -0.05) is 24.3 Å². The Morgan fingerprint density at radius 1 is 1.40 bits per heavy atom. The van der Waals surface area contributed by atoms with Crippen molar-refractivity contribution in [3.63, 3.8) is 0 Å². The molecule has 3 nitrogen and oxygen atoms in total. The number of ether oxygens (including phenoxy) is 1. The summed E-state index contributed by atoms with van der Waals surface area (Å²) >= 11 is 0. The number of carboxylic acids is 1. The summed E-state index contributed by atoms with van der Waals surface area (Å²) in [7, 11) is 1.62. The lowest BCUT2D eigenvalue weighted by molar-refractivity contribution is -0.136. The number of benzene rings is 1. The smallest absolute Gasteiger partial charge is 0.303 e. The Kier molecular flexibility index (Phi) is 4.41. The van der Waals surface area contributed by atoms with Gasteiger partial charge < -0.3 is 9.84 Å². The molecule has 0 fully saturated rings. The van der Waals surface area contributed by atoms with Gasteiger partial charge in [-0.15, -0.1) is 0 Å². The van der Waals surface area contributed by atoms with Crippen molar-refractivity contribution in [3.05, 3.63) is 35.9 Å². The number of carbonyl (C=O) groups is 1. The predicted molar refractivity (Wildman–Crippen MR) is 58.9 cm³/mol. The van der Waals surface area contributed by atoms with Gasteiger partial charge in [-0.05, 0) is 24.1 Å². The minimum Gasteiger partial charge on any atom is -0.497 e. The number of hydrogen-bond acceptors (Lipinski definition) is 2. The van der Waals surface area contributed by atoms with E-state index in [0.717, 1.165) is 11.3 Å². The highest BCUT2D eigenvalue weighted by molar-refractivity contribution is 5.67. The topological polar surface area (TPSA) is 46.5 Å². The van der Waals surface area contributed by atoms with Gasteiger partial charge in [-0.3, -0.25) is 4.79 Å². The monoisotopic (exact) mass is 206 g/mol. The molecule has 0 amide bonds. The minimum absolute atomic E-state index is 0.173. The van der Waals surface area contributed by atoms with E-state index in [-0.39, 0.29) is 6.42 Å². The van der Waals surface area contributed by atoms with Crippen LogP contribution in [0, 0.1) is 0 Å². The maximum Gasteiger partial charge on any atom is 0.303 e. The lowest BCUT2D eigenvalue weighted by Gasteiger charge is -1.98. The first-order valence-electron chi connectivity index (χ1n) is 4.75. The third kappa shape index (κ3) is 4.31. The fourth-order valence-electron chi connectivity index (χ4n) is 1.14. The number of rotatable bonds is 5.